The lowest BCUT2D eigenvalue weighted by molar-refractivity contribution is -0.161. The van der Waals surface area contributed by atoms with Crippen molar-refractivity contribution >= 4 is 19.8 Å². The number of hydrogen-bond acceptors (Lipinski definition) is 8. The smallest absolute Gasteiger partial charge is 0.462 e. The quantitative estimate of drug-likeness (QED) is 0.0264. The molecule has 0 fully saturated rings. The largest absolute Gasteiger partial charge is 0.472 e. The Morgan fingerprint density at radius 3 is 0.794 bits per heavy atom. The van der Waals surface area contributed by atoms with Gasteiger partial charge in [0.25, 0.3) is 0 Å². The molecule has 2 atom stereocenters. The third kappa shape index (κ3) is 80.8. The van der Waals surface area contributed by atoms with Crippen LogP contribution in [0.5, 0.6) is 0 Å². The van der Waals surface area contributed by atoms with Gasteiger partial charge in [0.05, 0.1) is 13.2 Å². The average molecular weight is 1370 g/mol. The normalized spacial score (nSPS) is 13.6. The molecule has 0 amide bonds. The van der Waals surface area contributed by atoms with Crippen molar-refractivity contribution in [2.75, 3.05) is 26.4 Å². The Labute approximate surface area is 598 Å². The summed E-state index contributed by atoms with van der Waals surface area (Å²) in [6.45, 7) is 3.56. The van der Waals surface area contributed by atoms with Crippen molar-refractivity contribution in [2.24, 2.45) is 5.73 Å². The van der Waals surface area contributed by atoms with E-state index in [0.717, 1.165) is 116 Å². The van der Waals surface area contributed by atoms with Gasteiger partial charge in [0.15, 0.2) is 6.10 Å². The zero-order valence-corrected chi connectivity index (χ0v) is 63.7. The fourth-order valence-corrected chi connectivity index (χ4v) is 12.1. The summed E-state index contributed by atoms with van der Waals surface area (Å²) in [5, 5.41) is 0. The molecule has 0 heterocycles. The fraction of sp³-hybridized carbons (Fsp3) is 0.701. The number of hydrogen-bond donors (Lipinski definition) is 2. The van der Waals surface area contributed by atoms with Gasteiger partial charge < -0.3 is 20.1 Å². The van der Waals surface area contributed by atoms with Crippen LogP contribution in [0.1, 0.15) is 361 Å². The molecule has 0 saturated heterocycles. The first-order valence-electron chi connectivity index (χ1n) is 40.3. The molecule has 0 aromatic heterocycles. The van der Waals surface area contributed by atoms with Crippen LogP contribution >= 0.6 is 7.82 Å². The molecule has 556 valence electrons. The van der Waals surface area contributed by atoms with Gasteiger partial charge in [-0.1, -0.05) is 378 Å². The van der Waals surface area contributed by atoms with Gasteiger partial charge in [-0.05, 0) is 116 Å². The summed E-state index contributed by atoms with van der Waals surface area (Å²) in [5.74, 6) is -0.815. The SMILES string of the molecule is CC/C=C\C/C=C\C/C=C\C/C=C\C/C=C\C/C=C\C/C=C\CCCCCCCCCCCCCCCCCCCCCC(=O)OC(COC(=O)CCCCCCCCCCCCCCCCCCCCC/C=C\C/C=C\C/C=C\C/C=C\C/C=C\CC)COP(=O)(O)OCCN. The van der Waals surface area contributed by atoms with Gasteiger partial charge in [0, 0.05) is 19.4 Å². The van der Waals surface area contributed by atoms with Gasteiger partial charge in [-0.3, -0.25) is 18.6 Å². The van der Waals surface area contributed by atoms with E-state index in [9.17, 15) is 19.0 Å². The van der Waals surface area contributed by atoms with E-state index in [2.05, 4.69) is 160 Å². The van der Waals surface area contributed by atoms with Crippen LogP contribution in [-0.4, -0.2) is 49.3 Å². The van der Waals surface area contributed by atoms with E-state index in [1.165, 1.54) is 212 Å². The molecule has 0 rings (SSSR count). The molecule has 0 radical (unpaired) electrons. The van der Waals surface area contributed by atoms with Crippen molar-refractivity contribution in [1.82, 2.24) is 0 Å². The Morgan fingerprint density at radius 1 is 0.309 bits per heavy atom. The number of ether oxygens (including phenoxy) is 2. The Bertz CT molecular complexity index is 2110. The molecule has 0 aliphatic carbocycles. The number of carbonyl (C=O) groups is 2. The van der Waals surface area contributed by atoms with E-state index < -0.39 is 26.5 Å². The van der Waals surface area contributed by atoms with E-state index >= 15 is 0 Å². The molecule has 10 heteroatoms. The predicted molar refractivity (Wildman–Crippen MR) is 422 cm³/mol. The number of phosphoric ester groups is 1. The molecular weight excluding hydrogens is 1220 g/mol. The molecule has 0 aromatic rings. The van der Waals surface area contributed by atoms with Gasteiger partial charge in [-0.25, -0.2) is 4.57 Å². The average Bonchev–Trinajstić information content (AvgIpc) is 2.57. The lowest BCUT2D eigenvalue weighted by atomic mass is 10.0. The van der Waals surface area contributed by atoms with Crippen LogP contribution in [0.25, 0.3) is 0 Å². The molecule has 3 N–H and O–H groups in total. The third-order valence-electron chi connectivity index (χ3n) is 17.2. The van der Waals surface area contributed by atoms with Crippen LogP contribution in [0.15, 0.2) is 146 Å². The predicted octanol–water partition coefficient (Wildman–Crippen LogP) is 27.3. The van der Waals surface area contributed by atoms with Crippen LogP contribution < -0.4 is 5.73 Å². The highest BCUT2D eigenvalue weighted by atomic mass is 31.2. The first-order valence-corrected chi connectivity index (χ1v) is 41.8. The van der Waals surface area contributed by atoms with Crippen LogP contribution in [0.3, 0.4) is 0 Å². The first kappa shape index (κ1) is 92.9. The minimum absolute atomic E-state index is 0.0510. The van der Waals surface area contributed by atoms with Crippen molar-refractivity contribution in [1.29, 1.82) is 0 Å². The van der Waals surface area contributed by atoms with Gasteiger partial charge in [-0.15, -0.1) is 0 Å². The number of esters is 2. The maximum Gasteiger partial charge on any atom is 0.472 e. The molecule has 0 saturated carbocycles. The van der Waals surface area contributed by atoms with Crippen molar-refractivity contribution in [3.63, 3.8) is 0 Å². The maximum atomic E-state index is 12.8. The summed E-state index contributed by atoms with van der Waals surface area (Å²) >= 11 is 0. The summed E-state index contributed by atoms with van der Waals surface area (Å²) < 4.78 is 33.3. The van der Waals surface area contributed by atoms with E-state index in [-0.39, 0.29) is 38.6 Å². The summed E-state index contributed by atoms with van der Waals surface area (Å²) in [6, 6.07) is 0. The number of nitrogens with two attached hydrogens (primary N) is 1. The lowest BCUT2D eigenvalue weighted by Crippen LogP contribution is -2.29. The molecule has 0 aliphatic rings. The molecule has 2 unspecified atom stereocenters. The second-order valence-corrected chi connectivity index (χ2v) is 28.0. The highest BCUT2D eigenvalue weighted by Gasteiger charge is 2.26. The van der Waals surface area contributed by atoms with Crippen molar-refractivity contribution < 1.29 is 37.6 Å². The maximum absolute atomic E-state index is 12.8. The molecule has 0 aliphatic heterocycles. The van der Waals surface area contributed by atoms with Crippen LogP contribution in [0, 0.1) is 0 Å². The van der Waals surface area contributed by atoms with E-state index in [4.69, 9.17) is 24.3 Å². The molecule has 0 bridgehead atoms. The number of rotatable bonds is 75. The van der Waals surface area contributed by atoms with Crippen LogP contribution in [0.4, 0.5) is 0 Å². The highest BCUT2D eigenvalue weighted by molar-refractivity contribution is 7.47. The zero-order chi connectivity index (χ0) is 70.0. The lowest BCUT2D eigenvalue weighted by Gasteiger charge is -2.19. The van der Waals surface area contributed by atoms with E-state index in [1.807, 2.05) is 0 Å². The zero-order valence-electron chi connectivity index (χ0n) is 62.8. The van der Waals surface area contributed by atoms with Crippen molar-refractivity contribution in [3.05, 3.63) is 146 Å². The molecule has 0 spiro atoms. The minimum Gasteiger partial charge on any atom is -0.462 e. The van der Waals surface area contributed by atoms with E-state index in [0.29, 0.717) is 6.42 Å². The van der Waals surface area contributed by atoms with Crippen LogP contribution in [-0.2, 0) is 32.7 Å². The van der Waals surface area contributed by atoms with Crippen molar-refractivity contribution in [2.45, 2.75) is 367 Å². The second-order valence-electron chi connectivity index (χ2n) is 26.5. The Hall–Kier alpha value is -4.11. The standard InChI is InChI=1S/C87H150NO8P/c1-3-5-7-9-11-13-15-17-19-21-23-25-27-29-31-33-35-37-39-40-41-42-43-44-46-48-50-52-54-56-58-60-62-64-66-68-70-72-74-76-78-80-87(90)96-85(84-95-97(91,92)94-82-81-88)83-93-86(89)79-77-75-73-71-69-67-65-63-61-59-57-55-53-51-49-47-45-38-36-34-32-30-28-26-24-22-20-18-16-14-12-10-8-6-4-2/h5-8,11-14,17-20,23-26,29-32,35,37,40-41,85H,3-4,9-10,15-16,21-22,27-28,33-34,36,38-39,42-84,88H2,1-2H3,(H,91,92)/b7-5-,8-6-,13-11-,14-12-,19-17-,20-18-,25-23-,26-24-,31-29-,32-30-,37-35-,41-40-. The molecule has 97 heavy (non-hydrogen) atoms. The second kappa shape index (κ2) is 80.9. The summed E-state index contributed by atoms with van der Waals surface area (Å²) in [6.07, 6.45) is 117. The molecule has 9 nitrogen and oxygen atoms in total. The Balaban J connectivity index is 3.81. The van der Waals surface area contributed by atoms with Crippen LogP contribution in [0.2, 0.25) is 0 Å². The first-order chi connectivity index (χ1) is 47.8. The van der Waals surface area contributed by atoms with E-state index in [1.54, 1.807) is 0 Å². The third-order valence-corrected chi connectivity index (χ3v) is 18.2. The van der Waals surface area contributed by atoms with Gasteiger partial charge in [-0.2, -0.15) is 0 Å². The summed E-state index contributed by atoms with van der Waals surface area (Å²) in [7, 11) is -4.40. The molecular formula is C87H150NO8P. The monoisotopic (exact) mass is 1370 g/mol. The highest BCUT2D eigenvalue weighted by Crippen LogP contribution is 2.43. The molecule has 0 aromatic carbocycles. The fourth-order valence-electron chi connectivity index (χ4n) is 11.4. The summed E-state index contributed by atoms with van der Waals surface area (Å²) in [5.41, 5.74) is 5.42. The number of allylic oxidation sites excluding steroid dienone is 24. The topological polar surface area (TPSA) is 134 Å². The van der Waals surface area contributed by atoms with Gasteiger partial charge in [0.2, 0.25) is 0 Å². The van der Waals surface area contributed by atoms with Gasteiger partial charge >= 0.3 is 19.8 Å². The Morgan fingerprint density at radius 2 is 0.536 bits per heavy atom. The Kier molecular flexibility index (Phi) is 77.4. The number of unbranched alkanes of at least 4 members (excludes halogenated alkanes) is 38. The number of phosphoric acid groups is 1. The summed E-state index contributed by atoms with van der Waals surface area (Å²) in [4.78, 5) is 35.5. The minimum atomic E-state index is -4.40. The number of carbonyl (C=O) groups excluding carboxylic acids is 2. The van der Waals surface area contributed by atoms with Crippen molar-refractivity contribution in [3.8, 4) is 0 Å². The van der Waals surface area contributed by atoms with Gasteiger partial charge in [0.1, 0.15) is 6.61 Å².